The number of halogens is 1. The van der Waals surface area contributed by atoms with Crippen LogP contribution in [0.2, 0.25) is 0 Å². The van der Waals surface area contributed by atoms with Crippen molar-refractivity contribution < 1.29 is 8.42 Å². The lowest BCUT2D eigenvalue weighted by Crippen LogP contribution is -2.44. The van der Waals surface area contributed by atoms with Gasteiger partial charge in [-0.3, -0.25) is 4.90 Å². The van der Waals surface area contributed by atoms with Crippen molar-refractivity contribution >= 4 is 37.1 Å². The molecule has 2 heterocycles. The minimum Gasteiger partial charge on any atom is -0.325 e. The number of rotatable bonds is 3. The van der Waals surface area contributed by atoms with Crippen molar-refractivity contribution in [2.75, 3.05) is 18.6 Å². The number of thiophene rings is 1. The Kier molecular flexibility index (Phi) is 3.94. The summed E-state index contributed by atoms with van der Waals surface area (Å²) < 4.78 is 24.1. The predicted octanol–water partition coefficient (Wildman–Crippen LogP) is 1.07. The summed E-state index contributed by atoms with van der Waals surface area (Å²) in [4.78, 5) is 3.24. The van der Waals surface area contributed by atoms with Gasteiger partial charge in [0.15, 0.2) is 9.84 Å². The Morgan fingerprint density at radius 2 is 2.29 bits per heavy atom. The van der Waals surface area contributed by atoms with Crippen LogP contribution in [0, 0.1) is 0 Å². The SMILES string of the molecule is CN(Cc1cc(Br)cs1)C1CS(=O)(=O)CC1N. The topological polar surface area (TPSA) is 63.4 Å². The molecule has 0 bridgehead atoms. The van der Waals surface area contributed by atoms with Gasteiger partial charge in [0.2, 0.25) is 0 Å². The number of hydrogen-bond acceptors (Lipinski definition) is 5. The summed E-state index contributed by atoms with van der Waals surface area (Å²) in [6.45, 7) is 0.740. The van der Waals surface area contributed by atoms with Gasteiger partial charge in [0.05, 0.1) is 11.5 Å². The highest BCUT2D eigenvalue weighted by molar-refractivity contribution is 9.10. The first-order chi connectivity index (χ1) is 7.87. The summed E-state index contributed by atoms with van der Waals surface area (Å²) in [6.07, 6.45) is 0. The van der Waals surface area contributed by atoms with Gasteiger partial charge in [0.1, 0.15) is 0 Å². The largest absolute Gasteiger partial charge is 0.325 e. The smallest absolute Gasteiger partial charge is 0.153 e. The molecule has 0 radical (unpaired) electrons. The molecule has 1 aromatic heterocycles. The van der Waals surface area contributed by atoms with E-state index >= 15 is 0 Å². The molecule has 0 saturated carbocycles. The van der Waals surface area contributed by atoms with E-state index in [1.165, 1.54) is 4.88 Å². The Morgan fingerprint density at radius 1 is 1.59 bits per heavy atom. The molecule has 0 aromatic carbocycles. The maximum absolute atomic E-state index is 11.5. The van der Waals surface area contributed by atoms with Crippen molar-refractivity contribution in [2.45, 2.75) is 18.6 Å². The number of sulfone groups is 1. The standard InChI is InChI=1S/C10H15BrN2O2S2/c1-13(3-8-2-7(11)4-16-8)10-6-17(14,15)5-9(10)12/h2,4,9-10H,3,5-6,12H2,1H3. The third-order valence-corrected chi connectivity index (χ3v) is 6.38. The fourth-order valence-corrected chi connectivity index (χ4v) is 5.59. The summed E-state index contributed by atoms with van der Waals surface area (Å²) >= 11 is 5.07. The molecular weight excluding hydrogens is 324 g/mol. The van der Waals surface area contributed by atoms with E-state index in [1.807, 2.05) is 17.3 Å². The van der Waals surface area contributed by atoms with E-state index in [9.17, 15) is 8.42 Å². The van der Waals surface area contributed by atoms with E-state index in [0.717, 1.165) is 11.0 Å². The third kappa shape index (κ3) is 3.29. The Bertz CT molecular complexity index is 500. The molecule has 4 nitrogen and oxygen atoms in total. The maximum atomic E-state index is 11.5. The van der Waals surface area contributed by atoms with Gasteiger partial charge in [0.25, 0.3) is 0 Å². The molecule has 7 heteroatoms. The highest BCUT2D eigenvalue weighted by atomic mass is 79.9. The van der Waals surface area contributed by atoms with Gasteiger partial charge in [-0.25, -0.2) is 8.42 Å². The summed E-state index contributed by atoms with van der Waals surface area (Å²) in [5.74, 6) is 0.285. The van der Waals surface area contributed by atoms with Crippen LogP contribution in [0.15, 0.2) is 15.9 Å². The average molecular weight is 339 g/mol. The first-order valence-electron chi connectivity index (χ1n) is 5.26. The highest BCUT2D eigenvalue weighted by Gasteiger charge is 2.37. The van der Waals surface area contributed by atoms with Crippen molar-refractivity contribution in [3.8, 4) is 0 Å². The van der Waals surface area contributed by atoms with Crippen LogP contribution < -0.4 is 5.73 Å². The molecule has 17 heavy (non-hydrogen) atoms. The monoisotopic (exact) mass is 338 g/mol. The Morgan fingerprint density at radius 3 is 2.76 bits per heavy atom. The van der Waals surface area contributed by atoms with Gasteiger partial charge >= 0.3 is 0 Å². The van der Waals surface area contributed by atoms with Crippen molar-refractivity contribution in [2.24, 2.45) is 5.73 Å². The Balaban J connectivity index is 2.03. The first-order valence-corrected chi connectivity index (χ1v) is 8.76. The Labute approximate surface area is 114 Å². The van der Waals surface area contributed by atoms with Crippen LogP contribution in [-0.2, 0) is 16.4 Å². The quantitative estimate of drug-likeness (QED) is 0.895. The first kappa shape index (κ1) is 13.5. The number of hydrogen-bond donors (Lipinski definition) is 1. The lowest BCUT2D eigenvalue weighted by atomic mass is 10.1. The van der Waals surface area contributed by atoms with E-state index in [2.05, 4.69) is 22.0 Å². The van der Waals surface area contributed by atoms with Gasteiger partial charge in [-0.05, 0) is 29.0 Å². The molecule has 2 unspecified atom stereocenters. The molecule has 1 aliphatic rings. The van der Waals surface area contributed by atoms with Crippen LogP contribution in [0.4, 0.5) is 0 Å². The molecule has 0 amide bonds. The zero-order chi connectivity index (χ0) is 12.6. The maximum Gasteiger partial charge on any atom is 0.153 e. The summed E-state index contributed by atoms with van der Waals surface area (Å²) in [6, 6.07) is 1.71. The lowest BCUT2D eigenvalue weighted by Gasteiger charge is -2.25. The lowest BCUT2D eigenvalue weighted by molar-refractivity contribution is 0.238. The molecule has 2 atom stereocenters. The zero-order valence-corrected chi connectivity index (χ0v) is 12.7. The van der Waals surface area contributed by atoms with Gasteiger partial charge < -0.3 is 5.73 Å². The molecule has 1 fully saturated rings. The molecule has 1 saturated heterocycles. The van der Waals surface area contributed by atoms with Crippen molar-refractivity contribution in [3.05, 3.63) is 20.8 Å². The van der Waals surface area contributed by atoms with Gasteiger partial charge in [-0.1, -0.05) is 0 Å². The zero-order valence-electron chi connectivity index (χ0n) is 9.47. The predicted molar refractivity (Wildman–Crippen MR) is 73.9 cm³/mol. The van der Waals surface area contributed by atoms with E-state index in [1.54, 1.807) is 11.3 Å². The van der Waals surface area contributed by atoms with E-state index in [-0.39, 0.29) is 23.6 Å². The summed E-state index contributed by atoms with van der Waals surface area (Å²) in [7, 11) is -1.02. The molecule has 0 spiro atoms. The number of nitrogens with zero attached hydrogens (tertiary/aromatic N) is 1. The van der Waals surface area contributed by atoms with Crippen LogP contribution in [0.1, 0.15) is 4.88 Å². The molecule has 1 aromatic rings. The van der Waals surface area contributed by atoms with E-state index in [0.29, 0.717) is 0 Å². The molecule has 96 valence electrons. The second-order valence-corrected chi connectivity index (χ2v) is 8.52. The number of likely N-dealkylation sites (N-methyl/N-ethyl adjacent to an activating group) is 1. The molecule has 1 aliphatic heterocycles. The van der Waals surface area contributed by atoms with Crippen LogP contribution >= 0.6 is 27.3 Å². The molecule has 0 aliphatic carbocycles. The number of nitrogens with two attached hydrogens (primary N) is 1. The van der Waals surface area contributed by atoms with E-state index < -0.39 is 9.84 Å². The van der Waals surface area contributed by atoms with Crippen LogP contribution in [-0.4, -0.2) is 44.0 Å². The minimum absolute atomic E-state index is 0.0686. The second-order valence-electron chi connectivity index (χ2n) is 4.45. The Hall–Kier alpha value is 0.0500. The second kappa shape index (κ2) is 4.97. The fraction of sp³-hybridized carbons (Fsp3) is 0.600. The van der Waals surface area contributed by atoms with Gasteiger partial charge in [-0.15, -0.1) is 11.3 Å². The van der Waals surface area contributed by atoms with Crippen molar-refractivity contribution in [1.82, 2.24) is 4.90 Å². The fourth-order valence-electron chi connectivity index (χ4n) is 2.11. The van der Waals surface area contributed by atoms with Crippen LogP contribution in [0.25, 0.3) is 0 Å². The molecule has 2 N–H and O–H groups in total. The summed E-state index contributed by atoms with van der Waals surface area (Å²) in [5.41, 5.74) is 5.89. The van der Waals surface area contributed by atoms with E-state index in [4.69, 9.17) is 5.73 Å². The molecule has 2 rings (SSSR count). The summed E-state index contributed by atoms with van der Waals surface area (Å²) in [5, 5.41) is 2.02. The van der Waals surface area contributed by atoms with Crippen molar-refractivity contribution in [1.29, 1.82) is 0 Å². The normalized spacial score (nSPS) is 27.8. The van der Waals surface area contributed by atoms with Crippen LogP contribution in [0.3, 0.4) is 0 Å². The van der Waals surface area contributed by atoms with Crippen LogP contribution in [0.5, 0.6) is 0 Å². The minimum atomic E-state index is -2.95. The van der Waals surface area contributed by atoms with Gasteiger partial charge in [-0.2, -0.15) is 0 Å². The van der Waals surface area contributed by atoms with Gasteiger partial charge in [0, 0.05) is 33.4 Å². The average Bonchev–Trinajstić information content (AvgIpc) is 2.70. The van der Waals surface area contributed by atoms with Crippen molar-refractivity contribution in [3.63, 3.8) is 0 Å². The third-order valence-electron chi connectivity index (χ3n) is 2.96. The highest BCUT2D eigenvalue weighted by Crippen LogP contribution is 2.23. The molecular formula is C10H15BrN2O2S2.